The fourth-order valence-electron chi connectivity index (χ4n) is 8.39. The summed E-state index contributed by atoms with van der Waals surface area (Å²) < 4.78 is 0. The van der Waals surface area contributed by atoms with E-state index in [4.69, 9.17) is 0 Å². The molecule has 12 heteroatoms. The summed E-state index contributed by atoms with van der Waals surface area (Å²) in [6.07, 6.45) is 0. The first kappa shape index (κ1) is 62.2. The Morgan fingerprint density at radius 1 is 0.113 bits per heavy atom. The zero-order valence-corrected chi connectivity index (χ0v) is 51.8. The van der Waals surface area contributed by atoms with Gasteiger partial charge >= 0.3 is 0 Å². The van der Waals surface area contributed by atoms with E-state index in [2.05, 4.69) is 394 Å². The Morgan fingerprint density at radius 3 is 0.237 bits per heavy atom. The van der Waals surface area contributed by atoms with Gasteiger partial charge in [0.1, 0.15) is 0 Å². The summed E-state index contributed by atoms with van der Waals surface area (Å²) in [5, 5.41) is 0. The maximum Gasteiger partial charge on any atom is 0.0409 e. The molecule has 0 radical (unpaired) electrons. The fraction of sp³-hybridized carbons (Fsp3) is 0.294. The van der Waals surface area contributed by atoms with E-state index in [0.717, 1.165) is 0 Å². The zero-order valence-electron chi connectivity index (χ0n) is 51.8. The van der Waals surface area contributed by atoms with Crippen molar-refractivity contribution in [3.05, 3.63) is 194 Å². The molecule has 0 aliphatic heterocycles. The van der Waals surface area contributed by atoms with Crippen molar-refractivity contribution in [2.75, 3.05) is 200 Å². The van der Waals surface area contributed by atoms with Crippen molar-refractivity contribution in [3.8, 4) is 0 Å². The van der Waals surface area contributed by atoms with Crippen LogP contribution in [-0.2, 0) is 0 Å². The van der Waals surface area contributed by atoms with Gasteiger partial charge in [0.2, 0.25) is 0 Å². The molecule has 424 valence electrons. The van der Waals surface area contributed by atoms with Crippen molar-refractivity contribution in [1.29, 1.82) is 0 Å². The number of nitrogens with zero attached hydrogens (tertiary/aromatic N) is 12. The summed E-state index contributed by atoms with van der Waals surface area (Å²) in [4.78, 5) is 25.6. The molecule has 8 rings (SSSR count). The van der Waals surface area contributed by atoms with E-state index < -0.39 is 0 Å². The summed E-state index contributed by atoms with van der Waals surface area (Å²) >= 11 is 0. The second kappa shape index (κ2) is 29.4. The van der Waals surface area contributed by atoms with E-state index in [1.165, 1.54) is 91.0 Å². The highest BCUT2D eigenvalue weighted by molar-refractivity contribution is 5.71. The molecular weight excluding hydrogens is 985 g/mol. The minimum Gasteiger partial charge on any atom is -0.378 e. The monoisotopic (exact) mass is 1080 g/mol. The zero-order chi connectivity index (χ0) is 58.8. The van der Waals surface area contributed by atoms with Gasteiger partial charge in [0.25, 0.3) is 0 Å². The maximum absolute atomic E-state index is 2.19. The summed E-state index contributed by atoms with van der Waals surface area (Å²) in [5.74, 6) is 0. The Hall–Kier alpha value is -8.64. The second-order valence-electron chi connectivity index (χ2n) is 21.5. The quantitative estimate of drug-likeness (QED) is 0.0925. The van der Waals surface area contributed by atoms with E-state index >= 15 is 0 Å². The van der Waals surface area contributed by atoms with Crippen LogP contribution in [0.25, 0.3) is 0 Å². The van der Waals surface area contributed by atoms with Crippen LogP contribution in [0, 0.1) is 0 Å². The van der Waals surface area contributed by atoms with Crippen LogP contribution >= 0.6 is 0 Å². The van der Waals surface area contributed by atoms with Gasteiger partial charge in [-0.25, -0.2) is 0 Å². The second-order valence-corrected chi connectivity index (χ2v) is 21.5. The normalized spacial score (nSPS) is 10.2. The van der Waals surface area contributed by atoms with E-state index in [9.17, 15) is 0 Å². The summed E-state index contributed by atoms with van der Waals surface area (Å²) in [6.45, 7) is 0. The van der Waals surface area contributed by atoms with E-state index in [1.54, 1.807) is 0 Å². The topological polar surface area (TPSA) is 38.9 Å². The molecule has 80 heavy (non-hydrogen) atoms. The van der Waals surface area contributed by atoms with Gasteiger partial charge in [-0.15, -0.1) is 0 Å². The third-order valence-electron chi connectivity index (χ3n) is 14.0. The van der Waals surface area contributed by atoms with Crippen LogP contribution in [-0.4, -0.2) is 141 Å². The lowest BCUT2D eigenvalue weighted by atomic mass is 10.2. The van der Waals surface area contributed by atoms with Crippen LogP contribution in [0.5, 0.6) is 0 Å². The average Bonchev–Trinajstić information content (AvgIpc) is 3.47. The standard InChI is InChI=1S/4C17H23N3/c4*1-18(2)14-6-10-16(11-7-14)20(5)17-12-8-15(9-13-17)19(3)4/h4*6-13H,1-5H3. The van der Waals surface area contributed by atoms with Crippen molar-refractivity contribution in [1.82, 2.24) is 0 Å². The first-order valence-corrected chi connectivity index (χ1v) is 27.1. The Morgan fingerprint density at radius 2 is 0.175 bits per heavy atom. The van der Waals surface area contributed by atoms with Crippen molar-refractivity contribution in [2.45, 2.75) is 0 Å². The Balaban J connectivity index is 0.000000196. The maximum atomic E-state index is 2.19. The predicted octanol–water partition coefficient (Wildman–Crippen LogP) is 14.3. The van der Waals surface area contributed by atoms with Crippen molar-refractivity contribution in [3.63, 3.8) is 0 Å². The SMILES string of the molecule is CN(C)c1ccc(N(C)c2ccc(N(C)C)cc2)cc1.CN(C)c1ccc(N(C)c2ccc(N(C)C)cc2)cc1.CN(C)c1ccc(N(C)c2ccc(N(C)C)cc2)cc1.CN(C)c1ccc(N(C)c2ccc(N(C)C)cc2)cc1. The summed E-state index contributed by atoms with van der Waals surface area (Å²) in [5.41, 5.74) is 19.2. The van der Waals surface area contributed by atoms with Crippen molar-refractivity contribution < 1.29 is 0 Å². The molecule has 0 N–H and O–H groups in total. The number of hydrogen-bond donors (Lipinski definition) is 0. The fourth-order valence-corrected chi connectivity index (χ4v) is 8.39. The first-order valence-electron chi connectivity index (χ1n) is 27.1. The minimum absolute atomic E-state index is 1.19. The first-order chi connectivity index (χ1) is 37.9. The molecule has 8 aromatic carbocycles. The molecule has 0 spiro atoms. The predicted molar refractivity (Wildman–Crippen MR) is 358 cm³/mol. The highest BCUT2D eigenvalue weighted by Gasteiger charge is 2.10. The van der Waals surface area contributed by atoms with Crippen molar-refractivity contribution in [2.24, 2.45) is 0 Å². The molecule has 0 saturated carbocycles. The molecule has 0 saturated heterocycles. The van der Waals surface area contributed by atoms with E-state index in [0.29, 0.717) is 0 Å². The Bertz CT molecular complexity index is 2380. The molecular formula is C68H92N12. The van der Waals surface area contributed by atoms with Crippen LogP contribution in [0.3, 0.4) is 0 Å². The smallest absolute Gasteiger partial charge is 0.0409 e. The molecule has 0 bridgehead atoms. The van der Waals surface area contributed by atoms with Gasteiger partial charge in [0.15, 0.2) is 0 Å². The molecule has 0 fully saturated rings. The van der Waals surface area contributed by atoms with Crippen LogP contribution in [0.2, 0.25) is 0 Å². The summed E-state index contributed by atoms with van der Waals surface area (Å²) in [6, 6.07) is 68.6. The van der Waals surface area contributed by atoms with Gasteiger partial charge in [-0.05, 0) is 194 Å². The van der Waals surface area contributed by atoms with Gasteiger partial charge in [-0.2, -0.15) is 0 Å². The van der Waals surface area contributed by atoms with Crippen LogP contribution < -0.4 is 58.8 Å². The van der Waals surface area contributed by atoms with Gasteiger partial charge in [0.05, 0.1) is 0 Å². The number of anilines is 16. The minimum atomic E-state index is 1.19. The van der Waals surface area contributed by atoms with E-state index in [-0.39, 0.29) is 0 Å². The van der Waals surface area contributed by atoms with Gasteiger partial charge < -0.3 is 58.8 Å². The summed E-state index contributed by atoms with van der Waals surface area (Å²) in [7, 11) is 41.2. The highest BCUT2D eigenvalue weighted by atomic mass is 15.1. The van der Waals surface area contributed by atoms with E-state index in [1.807, 2.05) is 0 Å². The van der Waals surface area contributed by atoms with Crippen LogP contribution in [0.4, 0.5) is 91.0 Å². The molecule has 8 aromatic rings. The molecule has 12 nitrogen and oxygen atoms in total. The molecule has 0 atom stereocenters. The van der Waals surface area contributed by atoms with Gasteiger partial charge in [0, 0.05) is 232 Å². The molecule has 0 unspecified atom stereocenters. The number of hydrogen-bond acceptors (Lipinski definition) is 12. The van der Waals surface area contributed by atoms with Crippen LogP contribution in [0.15, 0.2) is 194 Å². The molecule has 0 aromatic heterocycles. The molecule has 0 heterocycles. The Kier molecular flexibility index (Phi) is 22.8. The van der Waals surface area contributed by atoms with Gasteiger partial charge in [-0.3, -0.25) is 0 Å². The largest absolute Gasteiger partial charge is 0.378 e. The lowest BCUT2D eigenvalue weighted by molar-refractivity contribution is 1.12. The third kappa shape index (κ3) is 17.7. The van der Waals surface area contributed by atoms with Gasteiger partial charge in [-0.1, -0.05) is 0 Å². The highest BCUT2D eigenvalue weighted by Crippen LogP contribution is 2.31. The lowest BCUT2D eigenvalue weighted by Gasteiger charge is -2.22. The third-order valence-corrected chi connectivity index (χ3v) is 14.0. The molecule has 0 aliphatic rings. The number of rotatable bonds is 16. The molecule has 0 aliphatic carbocycles. The molecule has 0 amide bonds. The lowest BCUT2D eigenvalue weighted by Crippen LogP contribution is -2.12. The van der Waals surface area contributed by atoms with Crippen LogP contribution in [0.1, 0.15) is 0 Å². The number of benzene rings is 8. The average molecular weight is 1080 g/mol. The van der Waals surface area contributed by atoms with Crippen molar-refractivity contribution >= 4 is 91.0 Å². The Labute approximate surface area is 482 Å².